The first-order valence-corrected chi connectivity index (χ1v) is 10.4. The van der Waals surface area contributed by atoms with E-state index in [1.807, 2.05) is 12.1 Å². The van der Waals surface area contributed by atoms with E-state index in [9.17, 15) is 9.90 Å². The molecule has 0 amide bonds. The summed E-state index contributed by atoms with van der Waals surface area (Å²) in [6, 6.07) is 12.5. The molecule has 0 atom stereocenters. The molecule has 1 heterocycles. The van der Waals surface area contributed by atoms with Gasteiger partial charge in [0.25, 0.3) is 0 Å². The van der Waals surface area contributed by atoms with Crippen LogP contribution in [0, 0.1) is 0 Å². The average molecular weight is 424 g/mol. The molecule has 154 valence electrons. The standard InChI is InChI=1S/C23H22ClN3O3/c24-18-12-16(15-6-2-1-3-7-15)10-11-20(18)30-22-14-25-21(13-26-22)27-19-9-5-4-8-17(19)23(28)29/h4-5,8-15H,1-3,6-7H2,(H,25,27)(H,28,29). The van der Waals surface area contributed by atoms with Crippen LogP contribution in [0.25, 0.3) is 0 Å². The largest absolute Gasteiger partial charge is 0.478 e. The van der Waals surface area contributed by atoms with Crippen molar-refractivity contribution in [1.29, 1.82) is 0 Å². The van der Waals surface area contributed by atoms with Crippen LogP contribution >= 0.6 is 11.6 Å². The summed E-state index contributed by atoms with van der Waals surface area (Å²) in [5, 5.41) is 12.8. The van der Waals surface area contributed by atoms with Crippen LogP contribution in [0.15, 0.2) is 54.9 Å². The summed E-state index contributed by atoms with van der Waals surface area (Å²) >= 11 is 6.44. The number of para-hydroxylation sites is 1. The van der Waals surface area contributed by atoms with Gasteiger partial charge in [-0.05, 0) is 48.6 Å². The van der Waals surface area contributed by atoms with Gasteiger partial charge in [-0.15, -0.1) is 0 Å². The van der Waals surface area contributed by atoms with Crippen LogP contribution in [0.5, 0.6) is 11.6 Å². The van der Waals surface area contributed by atoms with Crippen molar-refractivity contribution in [2.24, 2.45) is 0 Å². The molecular weight excluding hydrogens is 402 g/mol. The fourth-order valence-corrected chi connectivity index (χ4v) is 3.98. The highest BCUT2D eigenvalue weighted by Crippen LogP contribution is 2.37. The zero-order chi connectivity index (χ0) is 20.9. The number of carboxylic acids is 1. The number of nitrogens with one attached hydrogen (secondary N) is 1. The first kappa shape index (κ1) is 20.2. The molecule has 0 spiro atoms. The fraction of sp³-hybridized carbons (Fsp3) is 0.261. The van der Waals surface area contributed by atoms with Crippen LogP contribution in [-0.4, -0.2) is 21.0 Å². The number of benzene rings is 2. The SMILES string of the molecule is O=C(O)c1ccccc1Nc1cnc(Oc2ccc(C3CCCCC3)cc2Cl)cn1. The number of aromatic nitrogens is 2. The Kier molecular flexibility index (Phi) is 6.14. The van der Waals surface area contributed by atoms with E-state index in [-0.39, 0.29) is 5.56 Å². The number of aromatic carboxylic acids is 1. The van der Waals surface area contributed by atoms with Crippen molar-refractivity contribution in [1.82, 2.24) is 9.97 Å². The van der Waals surface area contributed by atoms with Crippen molar-refractivity contribution in [2.45, 2.75) is 38.0 Å². The zero-order valence-corrected chi connectivity index (χ0v) is 17.1. The van der Waals surface area contributed by atoms with Crippen molar-refractivity contribution in [3.8, 4) is 11.6 Å². The quantitative estimate of drug-likeness (QED) is 0.476. The molecule has 0 bridgehead atoms. The maximum absolute atomic E-state index is 11.3. The lowest BCUT2D eigenvalue weighted by molar-refractivity contribution is 0.0698. The number of rotatable bonds is 6. The highest BCUT2D eigenvalue weighted by Gasteiger charge is 2.17. The molecule has 0 aliphatic heterocycles. The molecule has 0 radical (unpaired) electrons. The molecule has 4 rings (SSSR count). The second-order valence-corrected chi connectivity index (χ2v) is 7.75. The molecule has 7 heteroatoms. The van der Waals surface area contributed by atoms with Gasteiger partial charge < -0.3 is 15.2 Å². The second-order valence-electron chi connectivity index (χ2n) is 7.34. The summed E-state index contributed by atoms with van der Waals surface area (Å²) in [7, 11) is 0. The molecule has 2 N–H and O–H groups in total. The highest BCUT2D eigenvalue weighted by atomic mass is 35.5. The van der Waals surface area contributed by atoms with Gasteiger partial charge in [0.05, 0.1) is 28.7 Å². The minimum atomic E-state index is -1.02. The van der Waals surface area contributed by atoms with Gasteiger partial charge in [-0.3, -0.25) is 0 Å². The number of carboxylic acid groups (broad SMARTS) is 1. The summed E-state index contributed by atoms with van der Waals surface area (Å²) in [6.45, 7) is 0. The van der Waals surface area contributed by atoms with E-state index < -0.39 is 5.97 Å². The molecule has 1 aliphatic rings. The number of carbonyl (C=O) groups is 1. The molecule has 30 heavy (non-hydrogen) atoms. The summed E-state index contributed by atoms with van der Waals surface area (Å²) in [5.41, 5.74) is 1.86. The fourth-order valence-electron chi connectivity index (χ4n) is 3.75. The van der Waals surface area contributed by atoms with Gasteiger partial charge >= 0.3 is 5.97 Å². The smallest absolute Gasteiger partial charge is 0.337 e. The Morgan fingerprint density at radius 1 is 1.07 bits per heavy atom. The van der Waals surface area contributed by atoms with Gasteiger partial charge in [-0.25, -0.2) is 14.8 Å². The van der Waals surface area contributed by atoms with Crippen molar-refractivity contribution in [2.75, 3.05) is 5.32 Å². The molecule has 1 fully saturated rings. The number of hydrogen-bond donors (Lipinski definition) is 2. The van der Waals surface area contributed by atoms with Gasteiger partial charge in [0, 0.05) is 0 Å². The van der Waals surface area contributed by atoms with E-state index in [0.717, 1.165) is 0 Å². The van der Waals surface area contributed by atoms with Crippen molar-refractivity contribution in [3.63, 3.8) is 0 Å². The van der Waals surface area contributed by atoms with E-state index in [4.69, 9.17) is 16.3 Å². The summed E-state index contributed by atoms with van der Waals surface area (Å²) in [5.74, 6) is 0.804. The molecule has 1 aliphatic carbocycles. The predicted molar refractivity (Wildman–Crippen MR) is 116 cm³/mol. The summed E-state index contributed by atoms with van der Waals surface area (Å²) < 4.78 is 5.79. The van der Waals surface area contributed by atoms with Gasteiger partial charge in [0.1, 0.15) is 11.6 Å². The second kappa shape index (κ2) is 9.13. The van der Waals surface area contributed by atoms with E-state index in [1.165, 1.54) is 56.1 Å². The monoisotopic (exact) mass is 423 g/mol. The Morgan fingerprint density at radius 3 is 2.57 bits per heavy atom. The van der Waals surface area contributed by atoms with Gasteiger partial charge in [0.2, 0.25) is 5.88 Å². The molecule has 3 aromatic rings. The van der Waals surface area contributed by atoms with E-state index in [1.54, 1.807) is 18.2 Å². The lowest BCUT2D eigenvalue weighted by atomic mass is 9.84. The van der Waals surface area contributed by atoms with Crippen LogP contribution in [0.1, 0.15) is 53.9 Å². The molecule has 6 nitrogen and oxygen atoms in total. The van der Waals surface area contributed by atoms with Crippen molar-refractivity contribution < 1.29 is 14.6 Å². The Balaban J connectivity index is 1.44. The van der Waals surface area contributed by atoms with E-state index in [2.05, 4.69) is 21.4 Å². The Hall–Kier alpha value is -3.12. The Morgan fingerprint density at radius 2 is 1.87 bits per heavy atom. The number of hydrogen-bond acceptors (Lipinski definition) is 5. The molecule has 0 saturated heterocycles. The Bertz CT molecular complexity index is 1030. The lowest BCUT2D eigenvalue weighted by Crippen LogP contribution is -2.04. The molecule has 1 aromatic heterocycles. The van der Waals surface area contributed by atoms with Crippen LogP contribution in [-0.2, 0) is 0 Å². The molecule has 1 saturated carbocycles. The number of nitrogens with zero attached hydrogens (tertiary/aromatic N) is 2. The molecule has 2 aromatic carbocycles. The average Bonchev–Trinajstić information content (AvgIpc) is 2.77. The van der Waals surface area contributed by atoms with Crippen LogP contribution in [0.2, 0.25) is 5.02 Å². The van der Waals surface area contributed by atoms with Crippen LogP contribution in [0.4, 0.5) is 11.5 Å². The molecular formula is C23H22ClN3O3. The van der Waals surface area contributed by atoms with Crippen molar-refractivity contribution in [3.05, 3.63) is 71.0 Å². The lowest BCUT2D eigenvalue weighted by Gasteiger charge is -2.22. The third-order valence-electron chi connectivity index (χ3n) is 5.30. The molecule has 0 unspecified atom stereocenters. The summed E-state index contributed by atoms with van der Waals surface area (Å²) in [6.07, 6.45) is 9.23. The van der Waals surface area contributed by atoms with E-state index >= 15 is 0 Å². The maximum atomic E-state index is 11.3. The zero-order valence-electron chi connectivity index (χ0n) is 16.3. The first-order valence-electron chi connectivity index (χ1n) is 9.99. The van der Waals surface area contributed by atoms with Crippen molar-refractivity contribution >= 4 is 29.1 Å². The van der Waals surface area contributed by atoms with Gasteiger partial charge in [-0.1, -0.05) is 49.1 Å². The Labute approximate surface area is 179 Å². The minimum absolute atomic E-state index is 0.157. The number of halogens is 1. The number of anilines is 2. The van der Waals surface area contributed by atoms with Gasteiger partial charge in [0.15, 0.2) is 0 Å². The first-order chi connectivity index (χ1) is 14.6. The normalized spacial score (nSPS) is 14.3. The predicted octanol–water partition coefficient (Wildman–Crippen LogP) is 6.41. The third-order valence-corrected chi connectivity index (χ3v) is 5.59. The van der Waals surface area contributed by atoms with Crippen LogP contribution in [0.3, 0.4) is 0 Å². The highest BCUT2D eigenvalue weighted by molar-refractivity contribution is 6.32. The maximum Gasteiger partial charge on any atom is 0.337 e. The minimum Gasteiger partial charge on any atom is -0.478 e. The summed E-state index contributed by atoms with van der Waals surface area (Å²) in [4.78, 5) is 19.8. The topological polar surface area (TPSA) is 84.3 Å². The number of ether oxygens (including phenoxy) is 1. The van der Waals surface area contributed by atoms with Gasteiger partial charge in [-0.2, -0.15) is 0 Å². The van der Waals surface area contributed by atoms with Crippen LogP contribution < -0.4 is 10.1 Å². The third kappa shape index (κ3) is 4.71. The van der Waals surface area contributed by atoms with E-state index in [0.29, 0.717) is 34.1 Å².